The highest BCUT2D eigenvalue weighted by Crippen LogP contribution is 2.32. The first-order chi connectivity index (χ1) is 15.4. The third-order valence-electron chi connectivity index (χ3n) is 6.82. The monoisotopic (exact) mass is 480 g/mol. The lowest BCUT2D eigenvalue weighted by atomic mass is 9.91. The van der Waals surface area contributed by atoms with Crippen molar-refractivity contribution in [2.45, 2.75) is 57.4 Å². The van der Waals surface area contributed by atoms with Crippen LogP contribution in [0.2, 0.25) is 0 Å². The minimum absolute atomic E-state index is 0. The minimum atomic E-state index is -0.830. The van der Waals surface area contributed by atoms with Crippen molar-refractivity contribution in [3.63, 3.8) is 0 Å². The molecule has 1 unspecified atom stereocenters. The number of piperidine rings is 2. The fourth-order valence-electron chi connectivity index (χ4n) is 4.96. The number of rotatable bonds is 7. The van der Waals surface area contributed by atoms with Crippen LogP contribution in [0.3, 0.4) is 0 Å². The van der Waals surface area contributed by atoms with Gasteiger partial charge >= 0.3 is 5.69 Å². The zero-order chi connectivity index (χ0) is 22.8. The van der Waals surface area contributed by atoms with E-state index in [0.29, 0.717) is 29.1 Å². The van der Waals surface area contributed by atoms with Crippen molar-refractivity contribution in [3.8, 4) is 0 Å². The van der Waals surface area contributed by atoms with Gasteiger partial charge in [0, 0.05) is 39.0 Å². The van der Waals surface area contributed by atoms with E-state index in [4.69, 9.17) is 0 Å². The number of hydrogen-bond donors (Lipinski definition) is 1. The van der Waals surface area contributed by atoms with Gasteiger partial charge in [-0.1, -0.05) is 12.8 Å². The Morgan fingerprint density at radius 1 is 1.09 bits per heavy atom. The maximum absolute atomic E-state index is 15.2. The van der Waals surface area contributed by atoms with E-state index in [0.717, 1.165) is 51.5 Å². The number of aldehydes is 1. The predicted octanol–water partition coefficient (Wildman–Crippen LogP) is 2.85. The molecule has 2 aliphatic heterocycles. The van der Waals surface area contributed by atoms with Crippen LogP contribution in [0, 0.1) is 11.7 Å². The van der Waals surface area contributed by atoms with Crippen LogP contribution in [-0.2, 0) is 21.4 Å². The number of hydrogen-bond acceptors (Lipinski definition) is 5. The normalized spacial score (nSPS) is 19.5. The molecule has 1 N–H and O–H groups in total. The Labute approximate surface area is 197 Å². The highest BCUT2D eigenvalue weighted by atomic mass is 35.5. The number of benzene rings is 1. The van der Waals surface area contributed by atoms with E-state index in [1.165, 1.54) is 15.2 Å². The molecule has 0 spiro atoms. The molecule has 1 atom stereocenters. The fraction of sp³-hybridized carbons (Fsp3) is 0.565. The van der Waals surface area contributed by atoms with Gasteiger partial charge in [0.05, 0.1) is 16.7 Å². The molecule has 2 aliphatic rings. The van der Waals surface area contributed by atoms with Crippen LogP contribution < -0.4 is 15.9 Å². The number of fused-ring (bicyclic) bond motifs is 1. The van der Waals surface area contributed by atoms with E-state index in [2.05, 4.69) is 5.32 Å². The van der Waals surface area contributed by atoms with Gasteiger partial charge in [0.2, 0.25) is 11.8 Å². The first-order valence-corrected chi connectivity index (χ1v) is 11.3. The summed E-state index contributed by atoms with van der Waals surface area (Å²) in [5, 5.41) is 2.27. The Bertz CT molecular complexity index is 1100. The zero-order valence-electron chi connectivity index (χ0n) is 18.7. The second kappa shape index (κ2) is 10.5. The Kier molecular flexibility index (Phi) is 7.94. The van der Waals surface area contributed by atoms with Gasteiger partial charge in [-0.3, -0.25) is 24.0 Å². The summed E-state index contributed by atoms with van der Waals surface area (Å²) in [7, 11) is 1.61. The van der Waals surface area contributed by atoms with Crippen LogP contribution in [0.4, 0.5) is 10.1 Å². The maximum Gasteiger partial charge on any atom is 0.329 e. The molecule has 2 aromatic rings. The number of aryl methyl sites for hydroxylation is 1. The van der Waals surface area contributed by atoms with Gasteiger partial charge in [-0.05, 0) is 37.7 Å². The molecular weight excluding hydrogens is 451 g/mol. The molecule has 2 amide bonds. The third-order valence-corrected chi connectivity index (χ3v) is 6.82. The lowest BCUT2D eigenvalue weighted by Gasteiger charge is -2.34. The topological polar surface area (TPSA) is 93.4 Å². The number of halogens is 2. The van der Waals surface area contributed by atoms with Crippen molar-refractivity contribution in [2.24, 2.45) is 13.0 Å². The molecule has 0 saturated carbocycles. The average Bonchev–Trinajstić information content (AvgIpc) is 3.01. The summed E-state index contributed by atoms with van der Waals surface area (Å²) in [6.45, 7) is 1.48. The smallest absolute Gasteiger partial charge is 0.329 e. The van der Waals surface area contributed by atoms with Crippen LogP contribution in [0.5, 0.6) is 0 Å². The van der Waals surface area contributed by atoms with E-state index >= 15 is 4.39 Å². The summed E-state index contributed by atoms with van der Waals surface area (Å²) in [4.78, 5) is 49.2. The summed E-state index contributed by atoms with van der Waals surface area (Å²) < 4.78 is 17.9. The summed E-state index contributed by atoms with van der Waals surface area (Å²) in [6, 6.07) is 2.20. The highest BCUT2D eigenvalue weighted by Gasteiger charge is 2.32. The van der Waals surface area contributed by atoms with Crippen LogP contribution in [0.1, 0.15) is 57.4 Å². The maximum atomic E-state index is 15.2. The van der Waals surface area contributed by atoms with E-state index < -0.39 is 23.5 Å². The molecule has 4 rings (SSSR count). The van der Waals surface area contributed by atoms with E-state index in [1.54, 1.807) is 13.1 Å². The van der Waals surface area contributed by atoms with Crippen LogP contribution >= 0.6 is 12.4 Å². The van der Waals surface area contributed by atoms with Gasteiger partial charge in [0.15, 0.2) is 0 Å². The molecule has 1 aromatic heterocycles. The van der Waals surface area contributed by atoms with Crippen LogP contribution in [-0.4, -0.2) is 40.3 Å². The predicted molar refractivity (Wildman–Crippen MR) is 125 cm³/mol. The molecule has 8 nitrogen and oxygen atoms in total. The molecule has 2 fully saturated rings. The Hall–Kier alpha value is -2.68. The van der Waals surface area contributed by atoms with Crippen LogP contribution in [0.15, 0.2) is 16.9 Å². The van der Waals surface area contributed by atoms with Crippen molar-refractivity contribution in [1.82, 2.24) is 14.5 Å². The van der Waals surface area contributed by atoms with Gasteiger partial charge in [-0.15, -0.1) is 12.4 Å². The first kappa shape index (κ1) is 25.0. The molecule has 0 aliphatic carbocycles. The highest BCUT2D eigenvalue weighted by molar-refractivity contribution is 6.00. The van der Waals surface area contributed by atoms with E-state index in [9.17, 15) is 19.2 Å². The van der Waals surface area contributed by atoms with Gasteiger partial charge in [0.25, 0.3) is 0 Å². The lowest BCUT2D eigenvalue weighted by Crippen LogP contribution is -2.44. The Balaban J connectivity index is 0.00000306. The average molecular weight is 481 g/mol. The molecular formula is C23H30ClFN4O4. The third kappa shape index (κ3) is 4.98. The standard InChI is InChI=1S/C23H29FN4O4.ClH/c1-26-19-14-18(27-10-8-15(9-11-27)5-3-2-4-12-29)16(24)13-20(19)28(23(26)32)17-6-7-21(30)25-22(17)31;/h12-15,17H,2-11H2,1H3,(H,25,30,31);1H. The molecule has 180 valence electrons. The number of imide groups is 1. The van der Waals surface area contributed by atoms with Crippen molar-refractivity contribution in [1.29, 1.82) is 0 Å². The summed E-state index contributed by atoms with van der Waals surface area (Å²) in [6.07, 6.45) is 6.92. The number of nitrogens with zero attached hydrogens (tertiary/aromatic N) is 3. The SMILES string of the molecule is Cl.Cn1c(=O)n(C2CCC(=O)NC2=O)c2cc(F)c(N3CCC(CCCCC=O)CC3)cc21. The Morgan fingerprint density at radius 2 is 1.82 bits per heavy atom. The number of unbranched alkanes of at least 4 members (excludes halogenated alkanes) is 2. The number of anilines is 1. The quantitative estimate of drug-likeness (QED) is 0.373. The molecule has 1 aromatic carbocycles. The van der Waals surface area contributed by atoms with Gasteiger partial charge in [-0.25, -0.2) is 9.18 Å². The second-order valence-corrected chi connectivity index (χ2v) is 8.85. The first-order valence-electron chi connectivity index (χ1n) is 11.3. The molecule has 2 saturated heterocycles. The largest absolute Gasteiger partial charge is 0.369 e. The number of amides is 2. The van der Waals surface area contributed by atoms with Crippen molar-refractivity contribution >= 4 is 47.2 Å². The van der Waals surface area contributed by atoms with Crippen molar-refractivity contribution in [3.05, 3.63) is 28.4 Å². The van der Waals surface area contributed by atoms with Crippen LogP contribution in [0.25, 0.3) is 11.0 Å². The fourth-order valence-corrected chi connectivity index (χ4v) is 4.96. The van der Waals surface area contributed by atoms with Crippen molar-refractivity contribution < 1.29 is 18.8 Å². The van der Waals surface area contributed by atoms with Gasteiger partial charge < -0.3 is 9.69 Å². The molecule has 0 bridgehead atoms. The zero-order valence-corrected chi connectivity index (χ0v) is 19.5. The summed E-state index contributed by atoms with van der Waals surface area (Å²) in [5.41, 5.74) is 0.985. The molecule has 33 heavy (non-hydrogen) atoms. The molecule has 3 heterocycles. The van der Waals surface area contributed by atoms with Crippen molar-refractivity contribution in [2.75, 3.05) is 18.0 Å². The Morgan fingerprint density at radius 3 is 2.48 bits per heavy atom. The summed E-state index contributed by atoms with van der Waals surface area (Å²) >= 11 is 0. The number of nitrogens with one attached hydrogen (secondary N) is 1. The minimum Gasteiger partial charge on any atom is -0.369 e. The number of aromatic nitrogens is 2. The number of imidazole rings is 1. The second-order valence-electron chi connectivity index (χ2n) is 8.85. The van der Waals surface area contributed by atoms with E-state index in [-0.39, 0.29) is 31.2 Å². The lowest BCUT2D eigenvalue weighted by molar-refractivity contribution is -0.135. The number of carbonyl (C=O) groups is 3. The van der Waals surface area contributed by atoms with E-state index in [1.807, 2.05) is 4.90 Å². The number of carbonyl (C=O) groups excluding carboxylic acids is 3. The molecule has 0 radical (unpaired) electrons. The van der Waals surface area contributed by atoms with Gasteiger partial charge in [0.1, 0.15) is 18.1 Å². The van der Waals surface area contributed by atoms with Gasteiger partial charge in [-0.2, -0.15) is 0 Å². The summed E-state index contributed by atoms with van der Waals surface area (Å²) in [5.74, 6) is -0.730. The molecule has 10 heteroatoms.